The number of nitrogens with zero attached hydrogens (tertiary/aromatic N) is 2. The zero-order valence-corrected chi connectivity index (χ0v) is 8.48. The van der Waals surface area contributed by atoms with E-state index in [1.54, 1.807) is 0 Å². The fraction of sp³-hybridized carbons (Fsp3) is 0.545. The molecule has 0 amide bonds. The minimum absolute atomic E-state index is 0.294. The standard InChI is InChI=1S/C11H16N2O/c1-9-3-2-4-11(12-9)13-6-5-10(7-13)8-14/h2-4,10,14H,5-8H2,1H3. The van der Waals surface area contributed by atoms with E-state index in [0.29, 0.717) is 12.5 Å². The monoisotopic (exact) mass is 192 g/mol. The number of aromatic nitrogens is 1. The Bertz CT molecular complexity index is 314. The molecule has 3 nitrogen and oxygen atoms in total. The molecule has 1 N–H and O–H groups in total. The van der Waals surface area contributed by atoms with Gasteiger partial charge >= 0.3 is 0 Å². The van der Waals surface area contributed by atoms with Gasteiger partial charge < -0.3 is 10.0 Å². The van der Waals surface area contributed by atoms with Crippen LogP contribution in [0.3, 0.4) is 0 Å². The van der Waals surface area contributed by atoms with Crippen molar-refractivity contribution >= 4 is 5.82 Å². The molecular formula is C11H16N2O. The average Bonchev–Trinajstić information content (AvgIpc) is 2.66. The van der Waals surface area contributed by atoms with Crippen molar-refractivity contribution in [1.82, 2.24) is 4.98 Å². The summed E-state index contributed by atoms with van der Waals surface area (Å²) in [5.41, 5.74) is 1.05. The predicted octanol–water partition coefficient (Wildman–Crippen LogP) is 1.21. The van der Waals surface area contributed by atoms with Gasteiger partial charge in [-0.1, -0.05) is 6.07 Å². The number of hydrogen-bond acceptors (Lipinski definition) is 3. The van der Waals surface area contributed by atoms with Gasteiger partial charge in [0.1, 0.15) is 5.82 Å². The van der Waals surface area contributed by atoms with E-state index in [4.69, 9.17) is 5.11 Å². The molecule has 0 aliphatic carbocycles. The molecule has 0 radical (unpaired) electrons. The second-order valence-electron chi connectivity index (χ2n) is 3.92. The molecule has 1 saturated heterocycles. The highest BCUT2D eigenvalue weighted by atomic mass is 16.3. The van der Waals surface area contributed by atoms with Crippen LogP contribution >= 0.6 is 0 Å². The molecule has 1 aromatic heterocycles. The molecule has 2 rings (SSSR count). The summed E-state index contributed by atoms with van der Waals surface area (Å²) in [7, 11) is 0. The van der Waals surface area contributed by atoms with Gasteiger partial charge in [-0.25, -0.2) is 4.98 Å². The van der Waals surface area contributed by atoms with Crippen molar-refractivity contribution < 1.29 is 5.11 Å². The third-order valence-corrected chi connectivity index (χ3v) is 2.74. The van der Waals surface area contributed by atoms with Gasteiger partial charge in [0, 0.05) is 31.3 Å². The fourth-order valence-corrected chi connectivity index (χ4v) is 1.89. The molecular weight excluding hydrogens is 176 g/mol. The van der Waals surface area contributed by atoms with Crippen molar-refractivity contribution in [2.45, 2.75) is 13.3 Å². The third kappa shape index (κ3) is 1.87. The molecule has 0 aromatic carbocycles. The number of aliphatic hydroxyl groups excluding tert-OH is 1. The van der Waals surface area contributed by atoms with Gasteiger partial charge in [-0.05, 0) is 25.5 Å². The molecule has 1 aromatic rings. The van der Waals surface area contributed by atoms with Crippen molar-refractivity contribution in [1.29, 1.82) is 0 Å². The van der Waals surface area contributed by atoms with Crippen LogP contribution in [0.25, 0.3) is 0 Å². The zero-order valence-electron chi connectivity index (χ0n) is 8.48. The Morgan fingerprint density at radius 2 is 2.43 bits per heavy atom. The first-order chi connectivity index (χ1) is 6.79. The Hall–Kier alpha value is -1.09. The van der Waals surface area contributed by atoms with E-state index in [9.17, 15) is 0 Å². The second-order valence-corrected chi connectivity index (χ2v) is 3.92. The van der Waals surface area contributed by atoms with Crippen LogP contribution in [0.4, 0.5) is 5.82 Å². The molecule has 0 saturated carbocycles. The number of anilines is 1. The highest BCUT2D eigenvalue weighted by molar-refractivity contribution is 5.40. The fourth-order valence-electron chi connectivity index (χ4n) is 1.89. The van der Waals surface area contributed by atoms with Crippen molar-refractivity contribution in [3.05, 3.63) is 23.9 Å². The molecule has 0 bridgehead atoms. The summed E-state index contributed by atoms with van der Waals surface area (Å²) in [6, 6.07) is 6.07. The van der Waals surface area contributed by atoms with E-state index in [0.717, 1.165) is 31.0 Å². The molecule has 1 fully saturated rings. The number of pyridine rings is 1. The summed E-state index contributed by atoms with van der Waals surface area (Å²) in [5, 5.41) is 9.04. The summed E-state index contributed by atoms with van der Waals surface area (Å²) in [4.78, 5) is 6.71. The lowest BCUT2D eigenvalue weighted by atomic mass is 10.1. The molecule has 1 aliphatic rings. The van der Waals surface area contributed by atoms with Crippen LogP contribution in [0.5, 0.6) is 0 Å². The van der Waals surface area contributed by atoms with E-state index in [1.807, 2.05) is 25.1 Å². The van der Waals surface area contributed by atoms with Crippen LogP contribution in [0, 0.1) is 12.8 Å². The minimum Gasteiger partial charge on any atom is -0.396 e. The Balaban J connectivity index is 2.09. The topological polar surface area (TPSA) is 36.4 Å². The Morgan fingerprint density at radius 1 is 1.57 bits per heavy atom. The van der Waals surface area contributed by atoms with Crippen molar-refractivity contribution in [2.24, 2.45) is 5.92 Å². The summed E-state index contributed by atoms with van der Waals surface area (Å²) in [5.74, 6) is 1.47. The van der Waals surface area contributed by atoms with E-state index in [-0.39, 0.29) is 0 Å². The van der Waals surface area contributed by atoms with Gasteiger partial charge in [-0.2, -0.15) is 0 Å². The summed E-state index contributed by atoms with van der Waals surface area (Å²) in [6.45, 7) is 4.25. The largest absolute Gasteiger partial charge is 0.396 e. The second kappa shape index (κ2) is 3.96. The molecule has 14 heavy (non-hydrogen) atoms. The molecule has 1 unspecified atom stereocenters. The van der Waals surface area contributed by atoms with E-state index in [1.165, 1.54) is 0 Å². The van der Waals surface area contributed by atoms with Crippen molar-refractivity contribution in [2.75, 3.05) is 24.6 Å². The van der Waals surface area contributed by atoms with E-state index in [2.05, 4.69) is 9.88 Å². The third-order valence-electron chi connectivity index (χ3n) is 2.74. The lowest BCUT2D eigenvalue weighted by molar-refractivity contribution is 0.238. The maximum absolute atomic E-state index is 9.04. The van der Waals surface area contributed by atoms with Gasteiger partial charge in [0.15, 0.2) is 0 Å². The minimum atomic E-state index is 0.294. The van der Waals surface area contributed by atoms with Crippen molar-refractivity contribution in [3.63, 3.8) is 0 Å². The smallest absolute Gasteiger partial charge is 0.128 e. The number of rotatable bonds is 2. The van der Waals surface area contributed by atoms with Crippen LogP contribution in [0.15, 0.2) is 18.2 Å². The first-order valence-electron chi connectivity index (χ1n) is 5.09. The van der Waals surface area contributed by atoms with E-state index >= 15 is 0 Å². The van der Waals surface area contributed by atoms with Crippen LogP contribution in [0.1, 0.15) is 12.1 Å². The maximum atomic E-state index is 9.04. The molecule has 76 valence electrons. The first-order valence-corrected chi connectivity index (χ1v) is 5.09. The van der Waals surface area contributed by atoms with Crippen LogP contribution in [0.2, 0.25) is 0 Å². The predicted molar refractivity (Wildman–Crippen MR) is 56.4 cm³/mol. The molecule has 1 atom stereocenters. The van der Waals surface area contributed by atoms with Crippen molar-refractivity contribution in [3.8, 4) is 0 Å². The number of aryl methyl sites for hydroxylation is 1. The van der Waals surface area contributed by atoms with Crippen LogP contribution < -0.4 is 4.90 Å². The van der Waals surface area contributed by atoms with Crippen LogP contribution in [-0.2, 0) is 0 Å². The molecule has 0 spiro atoms. The molecule has 2 heterocycles. The maximum Gasteiger partial charge on any atom is 0.128 e. The Kier molecular flexibility index (Phi) is 2.68. The average molecular weight is 192 g/mol. The highest BCUT2D eigenvalue weighted by Gasteiger charge is 2.22. The van der Waals surface area contributed by atoms with Crippen LogP contribution in [-0.4, -0.2) is 29.8 Å². The SMILES string of the molecule is Cc1cccc(N2CCC(CO)C2)n1. The molecule has 3 heteroatoms. The Labute approximate surface area is 84.4 Å². The number of hydrogen-bond donors (Lipinski definition) is 1. The summed E-state index contributed by atoms with van der Waals surface area (Å²) < 4.78 is 0. The summed E-state index contributed by atoms with van der Waals surface area (Å²) >= 11 is 0. The number of aliphatic hydroxyl groups is 1. The highest BCUT2D eigenvalue weighted by Crippen LogP contribution is 2.21. The zero-order chi connectivity index (χ0) is 9.97. The normalized spacial score (nSPS) is 21.6. The Morgan fingerprint density at radius 3 is 3.07 bits per heavy atom. The first kappa shape index (κ1) is 9.46. The molecule has 1 aliphatic heterocycles. The van der Waals surface area contributed by atoms with Gasteiger partial charge in [-0.3, -0.25) is 0 Å². The van der Waals surface area contributed by atoms with Gasteiger partial charge in [0.2, 0.25) is 0 Å². The lowest BCUT2D eigenvalue weighted by Gasteiger charge is -2.17. The lowest BCUT2D eigenvalue weighted by Crippen LogP contribution is -2.21. The summed E-state index contributed by atoms with van der Waals surface area (Å²) in [6.07, 6.45) is 1.08. The van der Waals surface area contributed by atoms with Gasteiger partial charge in [0.25, 0.3) is 0 Å². The quantitative estimate of drug-likeness (QED) is 0.765. The van der Waals surface area contributed by atoms with Gasteiger partial charge in [0.05, 0.1) is 0 Å². The van der Waals surface area contributed by atoms with Gasteiger partial charge in [-0.15, -0.1) is 0 Å². The van der Waals surface area contributed by atoms with E-state index < -0.39 is 0 Å².